The summed E-state index contributed by atoms with van der Waals surface area (Å²) in [6, 6.07) is 11.6. The van der Waals surface area contributed by atoms with Crippen LogP contribution in [0.4, 0.5) is 4.79 Å². The normalized spacial score (nSPS) is 9.45. The predicted octanol–water partition coefficient (Wildman–Crippen LogP) is 2.94. The van der Waals surface area contributed by atoms with E-state index in [9.17, 15) is 4.79 Å². The number of urea groups is 1. The Kier molecular flexibility index (Phi) is 5.22. The molecule has 3 nitrogen and oxygen atoms in total. The monoisotopic (exact) mass is 284 g/mol. The quantitative estimate of drug-likeness (QED) is 0.864. The van der Waals surface area contributed by atoms with Crippen molar-refractivity contribution in [2.24, 2.45) is 0 Å². The van der Waals surface area contributed by atoms with Crippen LogP contribution in [0.3, 0.4) is 0 Å². The predicted molar refractivity (Wildman–Crippen MR) is 82.5 cm³/mol. The fourth-order valence-corrected chi connectivity index (χ4v) is 2.31. The van der Waals surface area contributed by atoms with Gasteiger partial charge in [-0.05, 0) is 34.5 Å². The molecule has 1 N–H and O–H groups in total. The molecule has 20 heavy (non-hydrogen) atoms. The molecule has 102 valence electrons. The van der Waals surface area contributed by atoms with E-state index in [1.807, 2.05) is 47.2 Å². The maximum atomic E-state index is 11.8. The Morgan fingerprint density at radius 1 is 1.30 bits per heavy atom. The molecular formula is C16H16N2OS. The molecule has 0 saturated heterocycles. The van der Waals surface area contributed by atoms with Crippen LogP contribution in [0.25, 0.3) is 0 Å². The van der Waals surface area contributed by atoms with Gasteiger partial charge in [0.25, 0.3) is 0 Å². The molecule has 0 aliphatic carbocycles. The van der Waals surface area contributed by atoms with Crippen molar-refractivity contribution >= 4 is 17.4 Å². The maximum absolute atomic E-state index is 11.8. The Hall–Kier alpha value is -2.25. The number of benzene rings is 1. The van der Waals surface area contributed by atoms with Crippen molar-refractivity contribution in [1.82, 2.24) is 10.2 Å². The second-order valence-corrected chi connectivity index (χ2v) is 5.09. The van der Waals surface area contributed by atoms with E-state index in [4.69, 9.17) is 0 Å². The van der Waals surface area contributed by atoms with Crippen LogP contribution in [-0.2, 0) is 6.54 Å². The van der Waals surface area contributed by atoms with Crippen LogP contribution in [0.2, 0.25) is 0 Å². The van der Waals surface area contributed by atoms with Gasteiger partial charge in [0, 0.05) is 19.2 Å². The molecule has 4 heteroatoms. The third kappa shape index (κ3) is 4.45. The lowest BCUT2D eigenvalue weighted by Crippen LogP contribution is -2.36. The molecule has 1 aromatic carbocycles. The zero-order valence-corrected chi connectivity index (χ0v) is 12.1. The third-order valence-electron chi connectivity index (χ3n) is 2.68. The molecule has 0 saturated carbocycles. The zero-order chi connectivity index (χ0) is 14.2. The van der Waals surface area contributed by atoms with Crippen molar-refractivity contribution in [2.75, 3.05) is 13.6 Å². The summed E-state index contributed by atoms with van der Waals surface area (Å²) in [5, 5.41) is 6.83. The van der Waals surface area contributed by atoms with E-state index >= 15 is 0 Å². The topological polar surface area (TPSA) is 32.3 Å². The second kappa shape index (κ2) is 7.37. The number of hydrogen-bond acceptors (Lipinski definition) is 2. The van der Waals surface area contributed by atoms with Gasteiger partial charge in [0.1, 0.15) is 0 Å². The van der Waals surface area contributed by atoms with Crippen LogP contribution in [0.15, 0.2) is 47.2 Å². The highest BCUT2D eigenvalue weighted by atomic mass is 32.1. The summed E-state index contributed by atoms with van der Waals surface area (Å²) < 4.78 is 0. The molecule has 0 radical (unpaired) electrons. The van der Waals surface area contributed by atoms with Crippen LogP contribution in [0, 0.1) is 11.8 Å². The number of thiophene rings is 1. The summed E-state index contributed by atoms with van der Waals surface area (Å²) >= 11 is 1.63. The summed E-state index contributed by atoms with van der Waals surface area (Å²) in [4.78, 5) is 13.5. The van der Waals surface area contributed by atoms with Crippen molar-refractivity contribution in [2.45, 2.75) is 6.54 Å². The van der Waals surface area contributed by atoms with Crippen LogP contribution in [-0.4, -0.2) is 24.5 Å². The van der Waals surface area contributed by atoms with Crippen LogP contribution in [0.5, 0.6) is 0 Å². The van der Waals surface area contributed by atoms with Crippen molar-refractivity contribution in [3.8, 4) is 11.8 Å². The van der Waals surface area contributed by atoms with Crippen LogP contribution >= 0.6 is 11.3 Å². The van der Waals surface area contributed by atoms with Gasteiger partial charge in [-0.15, -0.1) is 0 Å². The first-order valence-electron chi connectivity index (χ1n) is 6.29. The number of rotatable bonds is 3. The average molecular weight is 284 g/mol. The minimum atomic E-state index is -0.112. The van der Waals surface area contributed by atoms with Crippen molar-refractivity contribution < 1.29 is 4.79 Å². The highest BCUT2D eigenvalue weighted by Crippen LogP contribution is 2.08. The van der Waals surface area contributed by atoms with Gasteiger partial charge in [-0.1, -0.05) is 30.0 Å². The first kappa shape index (κ1) is 14.2. The van der Waals surface area contributed by atoms with Crippen molar-refractivity contribution in [1.29, 1.82) is 0 Å². The summed E-state index contributed by atoms with van der Waals surface area (Å²) in [6.07, 6.45) is 0. The molecule has 0 aliphatic rings. The molecule has 1 heterocycles. The molecule has 2 amide bonds. The summed E-state index contributed by atoms with van der Waals surface area (Å²) in [5.41, 5.74) is 2.09. The van der Waals surface area contributed by atoms with Gasteiger partial charge in [0.15, 0.2) is 0 Å². The minimum Gasteiger partial charge on any atom is -0.327 e. The fraction of sp³-hybridized carbons (Fsp3) is 0.188. The van der Waals surface area contributed by atoms with Gasteiger partial charge in [0.2, 0.25) is 0 Å². The number of amides is 2. The number of nitrogens with zero attached hydrogens (tertiary/aromatic N) is 1. The van der Waals surface area contributed by atoms with Crippen LogP contribution in [0.1, 0.15) is 11.1 Å². The molecule has 0 unspecified atom stereocenters. The number of carbonyl (C=O) groups is 1. The van der Waals surface area contributed by atoms with E-state index in [1.54, 1.807) is 23.3 Å². The number of nitrogens with one attached hydrogen (secondary N) is 1. The van der Waals surface area contributed by atoms with Gasteiger partial charge in [-0.25, -0.2) is 4.79 Å². The lowest BCUT2D eigenvalue weighted by atomic mass is 10.2. The standard InChI is InChI=1S/C16H16N2OS/c1-18(12-15-9-11-20-13-15)16(19)17-10-5-8-14-6-3-2-4-7-14/h2-4,6-7,9,11,13H,10,12H2,1H3,(H,17,19). The van der Waals surface area contributed by atoms with E-state index in [0.29, 0.717) is 13.1 Å². The summed E-state index contributed by atoms with van der Waals surface area (Å²) in [7, 11) is 1.78. The summed E-state index contributed by atoms with van der Waals surface area (Å²) in [6.45, 7) is 0.961. The Morgan fingerprint density at radius 3 is 2.80 bits per heavy atom. The summed E-state index contributed by atoms with van der Waals surface area (Å²) in [5.74, 6) is 5.94. The van der Waals surface area contributed by atoms with E-state index in [2.05, 4.69) is 17.2 Å². The fourth-order valence-electron chi connectivity index (χ4n) is 1.65. The lowest BCUT2D eigenvalue weighted by molar-refractivity contribution is 0.208. The maximum Gasteiger partial charge on any atom is 0.318 e. The molecule has 2 aromatic rings. The second-order valence-electron chi connectivity index (χ2n) is 4.31. The Balaban J connectivity index is 1.76. The van der Waals surface area contributed by atoms with E-state index in [0.717, 1.165) is 11.1 Å². The SMILES string of the molecule is CN(Cc1ccsc1)C(=O)NCC#Cc1ccccc1. The Morgan fingerprint density at radius 2 is 2.10 bits per heavy atom. The number of hydrogen-bond donors (Lipinski definition) is 1. The van der Waals surface area contributed by atoms with Gasteiger partial charge >= 0.3 is 6.03 Å². The molecule has 0 atom stereocenters. The van der Waals surface area contributed by atoms with E-state index in [-0.39, 0.29) is 6.03 Å². The molecule has 0 spiro atoms. The van der Waals surface area contributed by atoms with E-state index < -0.39 is 0 Å². The Bertz CT molecular complexity index is 596. The molecule has 0 fully saturated rings. The van der Waals surface area contributed by atoms with Gasteiger partial charge < -0.3 is 10.2 Å². The molecule has 0 bridgehead atoms. The first-order chi connectivity index (χ1) is 9.75. The molecule has 0 aliphatic heterocycles. The largest absolute Gasteiger partial charge is 0.327 e. The minimum absolute atomic E-state index is 0.112. The highest BCUT2D eigenvalue weighted by molar-refractivity contribution is 7.07. The van der Waals surface area contributed by atoms with Crippen LogP contribution < -0.4 is 5.32 Å². The zero-order valence-electron chi connectivity index (χ0n) is 11.3. The van der Waals surface area contributed by atoms with E-state index in [1.165, 1.54) is 0 Å². The Labute approximate surface area is 123 Å². The van der Waals surface area contributed by atoms with Crippen molar-refractivity contribution in [3.05, 3.63) is 58.3 Å². The van der Waals surface area contributed by atoms with Gasteiger partial charge in [0.05, 0.1) is 6.54 Å². The average Bonchev–Trinajstić information content (AvgIpc) is 2.97. The first-order valence-corrected chi connectivity index (χ1v) is 7.24. The molecular weight excluding hydrogens is 268 g/mol. The molecule has 1 aromatic heterocycles. The van der Waals surface area contributed by atoms with Gasteiger partial charge in [-0.3, -0.25) is 0 Å². The number of carbonyl (C=O) groups excluding carboxylic acids is 1. The lowest BCUT2D eigenvalue weighted by Gasteiger charge is -2.16. The molecule has 2 rings (SSSR count). The smallest absolute Gasteiger partial charge is 0.318 e. The van der Waals surface area contributed by atoms with Gasteiger partial charge in [-0.2, -0.15) is 11.3 Å². The van der Waals surface area contributed by atoms with Crippen molar-refractivity contribution in [3.63, 3.8) is 0 Å². The highest BCUT2D eigenvalue weighted by Gasteiger charge is 2.07. The third-order valence-corrected chi connectivity index (χ3v) is 3.41.